The molecular weight excluding hydrogens is 442 g/mol. The summed E-state index contributed by atoms with van der Waals surface area (Å²) < 4.78 is 0. The van der Waals surface area contributed by atoms with Crippen LogP contribution in [0.25, 0.3) is 11.0 Å². The van der Waals surface area contributed by atoms with E-state index < -0.39 is 5.44 Å². The molecule has 8 nitrogen and oxygen atoms in total. The molecule has 2 fully saturated rings. The van der Waals surface area contributed by atoms with E-state index in [9.17, 15) is 5.11 Å². The molecule has 1 unspecified atom stereocenters. The van der Waals surface area contributed by atoms with E-state index in [4.69, 9.17) is 9.97 Å². The number of fused-ring (bicyclic) bond motifs is 1. The molecule has 10 heteroatoms. The summed E-state index contributed by atoms with van der Waals surface area (Å²) in [7, 11) is 0. The van der Waals surface area contributed by atoms with Gasteiger partial charge in [-0.15, -0.1) is 23.5 Å². The van der Waals surface area contributed by atoms with Crippen LogP contribution in [0.15, 0.2) is 41.7 Å². The summed E-state index contributed by atoms with van der Waals surface area (Å²) in [6.45, 7) is 4.94. The maximum atomic E-state index is 10.2. The van der Waals surface area contributed by atoms with Crippen LogP contribution in [0.2, 0.25) is 0 Å². The summed E-state index contributed by atoms with van der Waals surface area (Å²) in [5, 5.41) is 14.5. The third kappa shape index (κ3) is 4.93. The van der Waals surface area contributed by atoms with E-state index in [1.54, 1.807) is 29.9 Å². The van der Waals surface area contributed by atoms with E-state index in [0.717, 1.165) is 78.5 Å². The van der Waals surface area contributed by atoms with E-state index in [0.29, 0.717) is 6.54 Å². The Morgan fingerprint density at radius 1 is 1.03 bits per heavy atom. The summed E-state index contributed by atoms with van der Waals surface area (Å²) in [6.07, 6.45) is 2.58. The number of anilines is 2. The van der Waals surface area contributed by atoms with Crippen molar-refractivity contribution in [2.75, 3.05) is 60.6 Å². The van der Waals surface area contributed by atoms with Crippen molar-refractivity contribution in [3.05, 3.63) is 42.2 Å². The average molecular weight is 470 g/mol. The Morgan fingerprint density at radius 3 is 2.69 bits per heavy atom. The molecule has 0 aliphatic carbocycles. The molecule has 4 heterocycles. The van der Waals surface area contributed by atoms with Gasteiger partial charge in [0.05, 0.1) is 6.54 Å². The first-order valence-electron chi connectivity index (χ1n) is 11.0. The lowest BCUT2D eigenvalue weighted by atomic mass is 10.2. The SMILES string of the molecule is OC1CN(c2nc(N3CCNCC3)nc3c(SCCc4ccccc4)ncnc23)CCS1. The Hall–Kier alpha value is -2.14. The van der Waals surface area contributed by atoms with E-state index in [1.807, 2.05) is 6.07 Å². The van der Waals surface area contributed by atoms with Gasteiger partial charge in [0, 0.05) is 44.2 Å². The second-order valence-corrected chi connectivity index (χ2v) is 10.2. The normalized spacial score (nSPS) is 19.5. The quantitative estimate of drug-likeness (QED) is 0.413. The number of aliphatic hydroxyl groups excluding tert-OH is 1. The first kappa shape index (κ1) is 21.7. The van der Waals surface area contributed by atoms with Crippen molar-refractivity contribution in [3.8, 4) is 0 Å². The summed E-state index contributed by atoms with van der Waals surface area (Å²) in [4.78, 5) is 23.4. The van der Waals surface area contributed by atoms with Gasteiger partial charge in [0.2, 0.25) is 5.95 Å². The number of nitrogens with zero attached hydrogens (tertiary/aromatic N) is 6. The number of aromatic nitrogens is 4. The highest BCUT2D eigenvalue weighted by atomic mass is 32.2. The number of piperazine rings is 1. The number of aryl methyl sites for hydroxylation is 1. The summed E-state index contributed by atoms with van der Waals surface area (Å²) in [5.74, 6) is 3.30. The van der Waals surface area contributed by atoms with Crippen LogP contribution < -0.4 is 15.1 Å². The Balaban J connectivity index is 1.49. The highest BCUT2D eigenvalue weighted by Crippen LogP contribution is 2.32. The topological polar surface area (TPSA) is 90.3 Å². The number of hydrogen-bond donors (Lipinski definition) is 2. The molecule has 5 rings (SSSR count). The molecule has 0 saturated carbocycles. The Labute approximate surface area is 196 Å². The maximum absolute atomic E-state index is 10.2. The number of benzene rings is 1. The van der Waals surface area contributed by atoms with Gasteiger partial charge in [0.25, 0.3) is 0 Å². The van der Waals surface area contributed by atoms with Crippen molar-refractivity contribution in [2.24, 2.45) is 0 Å². The predicted molar refractivity (Wildman–Crippen MR) is 132 cm³/mol. The lowest BCUT2D eigenvalue weighted by Crippen LogP contribution is -2.44. The van der Waals surface area contributed by atoms with Crippen LogP contribution in [0, 0.1) is 0 Å². The van der Waals surface area contributed by atoms with Gasteiger partial charge in [-0.05, 0) is 12.0 Å². The third-order valence-corrected chi connectivity index (χ3v) is 7.57. The van der Waals surface area contributed by atoms with Gasteiger partial charge in [-0.25, -0.2) is 15.0 Å². The number of hydrogen-bond acceptors (Lipinski definition) is 10. The van der Waals surface area contributed by atoms with Crippen LogP contribution >= 0.6 is 23.5 Å². The van der Waals surface area contributed by atoms with Crippen LogP contribution in [0.4, 0.5) is 11.8 Å². The van der Waals surface area contributed by atoms with Gasteiger partial charge in [0.1, 0.15) is 27.8 Å². The number of aliphatic hydroxyl groups is 1. The molecule has 3 aromatic rings. The van der Waals surface area contributed by atoms with Gasteiger partial charge >= 0.3 is 0 Å². The molecule has 1 atom stereocenters. The highest BCUT2D eigenvalue weighted by Gasteiger charge is 2.25. The van der Waals surface area contributed by atoms with Crippen LogP contribution in [-0.2, 0) is 6.42 Å². The largest absolute Gasteiger partial charge is 0.381 e. The lowest BCUT2D eigenvalue weighted by Gasteiger charge is -2.33. The fourth-order valence-corrected chi connectivity index (χ4v) is 5.78. The molecular formula is C22H27N7OS2. The molecule has 2 aliphatic rings. The van der Waals surface area contributed by atoms with Crippen molar-refractivity contribution >= 4 is 46.3 Å². The molecule has 0 radical (unpaired) electrons. The van der Waals surface area contributed by atoms with Gasteiger partial charge in [0.15, 0.2) is 5.82 Å². The molecule has 0 spiro atoms. The molecule has 0 amide bonds. The van der Waals surface area contributed by atoms with Crippen molar-refractivity contribution in [3.63, 3.8) is 0 Å². The summed E-state index contributed by atoms with van der Waals surface area (Å²) in [5.41, 5.74) is 2.46. The maximum Gasteiger partial charge on any atom is 0.228 e. The predicted octanol–water partition coefficient (Wildman–Crippen LogP) is 2.04. The van der Waals surface area contributed by atoms with Crippen molar-refractivity contribution in [1.29, 1.82) is 0 Å². The first-order valence-corrected chi connectivity index (χ1v) is 13.0. The number of β-amino-alcohol motifs (C(OH)–C–C–N with tert-alkyl or cyclic N) is 1. The summed E-state index contributed by atoms with van der Waals surface area (Å²) >= 11 is 3.29. The standard InChI is InChI=1S/C22H27N7OS2/c30-17-14-29(11-13-31-17)20-18-19(26-22(27-20)28-9-7-23-8-10-28)21(25-15-24-18)32-12-6-16-4-2-1-3-5-16/h1-5,15,17,23,30H,6-14H2. The number of thioether (sulfide) groups is 2. The monoisotopic (exact) mass is 469 g/mol. The molecule has 168 valence electrons. The Bertz CT molecular complexity index is 1050. The Morgan fingerprint density at radius 2 is 1.88 bits per heavy atom. The fourth-order valence-electron chi connectivity index (χ4n) is 3.97. The van der Waals surface area contributed by atoms with Crippen LogP contribution in [0.3, 0.4) is 0 Å². The molecule has 2 N–H and O–H groups in total. The first-order chi connectivity index (χ1) is 15.8. The third-order valence-electron chi connectivity index (χ3n) is 5.64. The van der Waals surface area contributed by atoms with Gasteiger partial charge in [-0.1, -0.05) is 30.3 Å². The fraction of sp³-hybridized carbons (Fsp3) is 0.455. The van der Waals surface area contributed by atoms with Gasteiger partial charge < -0.3 is 20.2 Å². The Kier molecular flexibility index (Phi) is 6.92. The van der Waals surface area contributed by atoms with Gasteiger partial charge in [-0.3, -0.25) is 0 Å². The molecule has 2 saturated heterocycles. The van der Waals surface area contributed by atoms with E-state index in [-0.39, 0.29) is 0 Å². The second-order valence-electron chi connectivity index (χ2n) is 7.82. The zero-order chi connectivity index (χ0) is 21.8. The molecule has 2 aliphatic heterocycles. The zero-order valence-corrected chi connectivity index (χ0v) is 19.5. The average Bonchev–Trinajstić information content (AvgIpc) is 2.85. The lowest BCUT2D eigenvalue weighted by molar-refractivity contribution is 0.264. The highest BCUT2D eigenvalue weighted by molar-refractivity contribution is 7.99. The van der Waals surface area contributed by atoms with Crippen LogP contribution in [0.1, 0.15) is 5.56 Å². The number of rotatable bonds is 6. The minimum atomic E-state index is -0.419. The summed E-state index contributed by atoms with van der Waals surface area (Å²) in [6, 6.07) is 10.5. The minimum absolute atomic E-state index is 0.419. The van der Waals surface area contributed by atoms with Crippen LogP contribution in [-0.4, -0.2) is 81.3 Å². The van der Waals surface area contributed by atoms with Crippen molar-refractivity contribution in [2.45, 2.75) is 16.9 Å². The number of nitrogens with one attached hydrogen (secondary N) is 1. The van der Waals surface area contributed by atoms with Crippen LogP contribution in [0.5, 0.6) is 0 Å². The second kappa shape index (κ2) is 10.2. The molecule has 2 aromatic heterocycles. The minimum Gasteiger partial charge on any atom is -0.381 e. The van der Waals surface area contributed by atoms with Crippen molar-refractivity contribution < 1.29 is 5.11 Å². The molecule has 1 aromatic carbocycles. The van der Waals surface area contributed by atoms with E-state index >= 15 is 0 Å². The van der Waals surface area contributed by atoms with E-state index in [2.05, 4.69) is 49.4 Å². The van der Waals surface area contributed by atoms with Crippen molar-refractivity contribution in [1.82, 2.24) is 25.3 Å². The van der Waals surface area contributed by atoms with E-state index in [1.165, 1.54) is 5.56 Å². The smallest absolute Gasteiger partial charge is 0.228 e. The zero-order valence-electron chi connectivity index (χ0n) is 17.9. The van der Waals surface area contributed by atoms with Gasteiger partial charge in [-0.2, -0.15) is 4.98 Å². The molecule has 0 bridgehead atoms. The molecule has 32 heavy (non-hydrogen) atoms.